The van der Waals surface area contributed by atoms with Gasteiger partial charge in [-0.2, -0.15) is 9.57 Å². The third kappa shape index (κ3) is 3.83. The molecule has 0 saturated carbocycles. The highest BCUT2D eigenvalue weighted by molar-refractivity contribution is 7.89. The Balaban J connectivity index is 2.22. The fraction of sp³-hybridized carbons (Fsp3) is 0.467. The van der Waals surface area contributed by atoms with Crippen molar-refractivity contribution in [3.8, 4) is 6.07 Å². The molecule has 1 aliphatic heterocycles. The van der Waals surface area contributed by atoms with E-state index in [0.29, 0.717) is 19.0 Å². The maximum atomic E-state index is 12.7. The Bertz CT molecular complexity index is 756. The summed E-state index contributed by atoms with van der Waals surface area (Å²) in [6.07, 6.45) is 0. The van der Waals surface area contributed by atoms with Gasteiger partial charge in [-0.15, -0.1) is 0 Å². The fourth-order valence-electron chi connectivity index (χ4n) is 2.44. The average Bonchev–Trinajstić information content (AvgIpc) is 2.48. The summed E-state index contributed by atoms with van der Waals surface area (Å²) in [5.74, 6) is 0.119. The first kappa shape index (κ1) is 17.7. The van der Waals surface area contributed by atoms with E-state index in [1.165, 1.54) is 18.2 Å². The second-order valence-corrected chi connectivity index (χ2v) is 8.14. The zero-order valence-corrected chi connectivity index (χ0v) is 14.6. The summed E-state index contributed by atoms with van der Waals surface area (Å²) < 4.78 is 26.5. The molecule has 124 valence electrons. The van der Waals surface area contributed by atoms with Crippen molar-refractivity contribution >= 4 is 27.5 Å². The Kier molecular flexibility index (Phi) is 5.30. The predicted molar refractivity (Wildman–Crippen MR) is 86.3 cm³/mol. The van der Waals surface area contributed by atoms with Crippen molar-refractivity contribution in [3.63, 3.8) is 0 Å². The summed E-state index contributed by atoms with van der Waals surface area (Å²) in [5.41, 5.74) is 0.284. The van der Waals surface area contributed by atoms with Crippen molar-refractivity contribution in [2.24, 2.45) is 5.92 Å². The Hall–Kier alpha value is -1.62. The molecule has 1 saturated heterocycles. The zero-order chi connectivity index (χ0) is 17.2. The third-order valence-electron chi connectivity index (χ3n) is 3.55. The Morgan fingerprint density at radius 1 is 1.35 bits per heavy atom. The molecule has 0 unspecified atom stereocenters. The van der Waals surface area contributed by atoms with Gasteiger partial charge in [0.15, 0.2) is 0 Å². The highest BCUT2D eigenvalue weighted by Crippen LogP contribution is 2.26. The van der Waals surface area contributed by atoms with Crippen LogP contribution in [-0.4, -0.2) is 49.7 Å². The van der Waals surface area contributed by atoms with Gasteiger partial charge in [0.2, 0.25) is 15.9 Å². The maximum absolute atomic E-state index is 12.7. The molecule has 0 aliphatic carbocycles. The minimum Gasteiger partial charge on any atom is -0.340 e. The molecule has 2 rings (SSSR count). The molecule has 1 amide bonds. The molecule has 1 heterocycles. The first-order valence-electron chi connectivity index (χ1n) is 7.23. The quantitative estimate of drug-likeness (QED) is 0.823. The van der Waals surface area contributed by atoms with Crippen molar-refractivity contribution < 1.29 is 13.2 Å². The highest BCUT2D eigenvalue weighted by atomic mass is 35.5. The van der Waals surface area contributed by atoms with Crippen LogP contribution < -0.4 is 0 Å². The molecule has 0 radical (unpaired) electrons. The van der Waals surface area contributed by atoms with Crippen LogP contribution in [0.2, 0.25) is 5.02 Å². The lowest BCUT2D eigenvalue weighted by Crippen LogP contribution is -2.52. The number of halogens is 1. The van der Waals surface area contributed by atoms with Gasteiger partial charge >= 0.3 is 0 Å². The van der Waals surface area contributed by atoms with Crippen LogP contribution in [0.3, 0.4) is 0 Å². The van der Waals surface area contributed by atoms with E-state index in [9.17, 15) is 13.2 Å². The molecule has 6 nitrogen and oxygen atoms in total. The molecule has 23 heavy (non-hydrogen) atoms. The van der Waals surface area contributed by atoms with Crippen molar-refractivity contribution in [2.75, 3.05) is 26.2 Å². The number of nitrogens with zero attached hydrogens (tertiary/aromatic N) is 3. The van der Waals surface area contributed by atoms with Gasteiger partial charge in [0.05, 0.1) is 23.2 Å². The van der Waals surface area contributed by atoms with Crippen LogP contribution in [-0.2, 0) is 14.8 Å². The molecule has 0 atom stereocenters. The summed E-state index contributed by atoms with van der Waals surface area (Å²) in [6, 6.07) is 5.92. The summed E-state index contributed by atoms with van der Waals surface area (Å²) in [7, 11) is -3.86. The molecule has 0 bridgehead atoms. The first-order valence-corrected chi connectivity index (χ1v) is 9.05. The van der Waals surface area contributed by atoms with Crippen molar-refractivity contribution in [2.45, 2.75) is 18.7 Å². The van der Waals surface area contributed by atoms with E-state index in [1.807, 2.05) is 19.9 Å². The predicted octanol–water partition coefficient (Wildman–Crippen LogP) is 1.70. The van der Waals surface area contributed by atoms with Crippen LogP contribution in [0.4, 0.5) is 0 Å². The van der Waals surface area contributed by atoms with Gasteiger partial charge in [-0.25, -0.2) is 8.42 Å². The average molecular weight is 356 g/mol. The number of hydrogen-bond donors (Lipinski definition) is 0. The van der Waals surface area contributed by atoms with Crippen LogP contribution in [0.15, 0.2) is 23.1 Å². The van der Waals surface area contributed by atoms with Gasteiger partial charge < -0.3 is 4.90 Å². The van der Waals surface area contributed by atoms with E-state index in [1.54, 1.807) is 4.90 Å². The van der Waals surface area contributed by atoms with Gasteiger partial charge in [0.1, 0.15) is 4.90 Å². The lowest BCUT2D eigenvalue weighted by molar-refractivity contribution is -0.134. The van der Waals surface area contributed by atoms with E-state index < -0.39 is 10.0 Å². The lowest BCUT2D eigenvalue weighted by atomic mass is 10.2. The summed E-state index contributed by atoms with van der Waals surface area (Å²) in [5, 5.41) is 8.81. The van der Waals surface area contributed by atoms with E-state index >= 15 is 0 Å². The van der Waals surface area contributed by atoms with Crippen molar-refractivity contribution in [3.05, 3.63) is 28.8 Å². The van der Waals surface area contributed by atoms with Crippen LogP contribution in [0, 0.1) is 17.2 Å². The van der Waals surface area contributed by atoms with Crippen LogP contribution in [0.1, 0.15) is 19.4 Å². The summed E-state index contributed by atoms with van der Waals surface area (Å²) in [4.78, 5) is 13.7. The van der Waals surface area contributed by atoms with E-state index in [0.717, 1.165) is 4.31 Å². The number of rotatable bonds is 4. The van der Waals surface area contributed by atoms with Gasteiger partial charge in [0, 0.05) is 19.6 Å². The second kappa shape index (κ2) is 6.87. The minimum absolute atomic E-state index is 0.0129. The van der Waals surface area contributed by atoms with E-state index in [4.69, 9.17) is 16.9 Å². The third-order valence-corrected chi connectivity index (χ3v) is 5.88. The molecule has 1 aliphatic rings. The van der Waals surface area contributed by atoms with Crippen molar-refractivity contribution in [1.82, 2.24) is 9.21 Å². The minimum atomic E-state index is -3.86. The summed E-state index contributed by atoms with van der Waals surface area (Å²) >= 11 is 5.99. The molecule has 1 aromatic rings. The number of sulfonamides is 1. The van der Waals surface area contributed by atoms with Crippen LogP contribution in [0.25, 0.3) is 0 Å². The van der Waals surface area contributed by atoms with Gasteiger partial charge in [-0.3, -0.25) is 4.79 Å². The molecule has 1 aromatic carbocycles. The number of piperazine rings is 1. The van der Waals surface area contributed by atoms with Crippen molar-refractivity contribution in [1.29, 1.82) is 5.26 Å². The number of carbonyl (C=O) groups is 1. The maximum Gasteiger partial charge on any atom is 0.245 e. The summed E-state index contributed by atoms with van der Waals surface area (Å²) in [6.45, 7) is 5.04. The largest absolute Gasteiger partial charge is 0.340 e. The molecule has 0 spiro atoms. The normalized spacial score (nSPS) is 16.7. The van der Waals surface area contributed by atoms with E-state index in [2.05, 4.69) is 0 Å². The van der Waals surface area contributed by atoms with Crippen LogP contribution >= 0.6 is 11.6 Å². The van der Waals surface area contributed by atoms with Gasteiger partial charge in [0.25, 0.3) is 0 Å². The molecule has 0 N–H and O–H groups in total. The van der Waals surface area contributed by atoms with Gasteiger partial charge in [-0.1, -0.05) is 25.4 Å². The second-order valence-electron chi connectivity index (χ2n) is 5.83. The Labute approximate surface area is 141 Å². The number of amides is 1. The first-order chi connectivity index (χ1) is 10.8. The lowest BCUT2D eigenvalue weighted by Gasteiger charge is -2.34. The van der Waals surface area contributed by atoms with Crippen LogP contribution in [0.5, 0.6) is 0 Å². The van der Waals surface area contributed by atoms with Gasteiger partial charge in [-0.05, 0) is 24.1 Å². The topological polar surface area (TPSA) is 81.5 Å². The fourth-order valence-corrected chi connectivity index (χ4v) is 4.34. The van der Waals surface area contributed by atoms with E-state index in [-0.39, 0.29) is 34.5 Å². The standard InChI is InChI=1S/C15H18ClN3O3S/c1-11(2)9-18-5-6-19(10-15(18)20)23(21,22)14-4-3-12(8-17)7-13(14)16/h3-4,7,11H,5-6,9-10H2,1-2H3. The zero-order valence-electron chi connectivity index (χ0n) is 13.0. The SMILES string of the molecule is CC(C)CN1CCN(S(=O)(=O)c2ccc(C#N)cc2Cl)CC1=O. The number of benzene rings is 1. The smallest absolute Gasteiger partial charge is 0.245 e. The molecule has 0 aromatic heterocycles. The highest BCUT2D eigenvalue weighted by Gasteiger charge is 2.34. The number of hydrogen-bond acceptors (Lipinski definition) is 4. The Morgan fingerprint density at radius 2 is 2.04 bits per heavy atom. The monoisotopic (exact) mass is 355 g/mol. The number of carbonyl (C=O) groups excluding carboxylic acids is 1. The Morgan fingerprint density at radius 3 is 2.57 bits per heavy atom. The molecule has 1 fully saturated rings. The number of nitriles is 1. The molecule has 8 heteroatoms. The molecular weight excluding hydrogens is 338 g/mol. The molecular formula is C15H18ClN3O3S.